The van der Waals surface area contributed by atoms with Crippen LogP contribution < -0.4 is 19.9 Å². The molecule has 0 bridgehead atoms. The summed E-state index contributed by atoms with van der Waals surface area (Å²) >= 11 is 0. The lowest BCUT2D eigenvalue weighted by molar-refractivity contribution is -0.153. The van der Waals surface area contributed by atoms with Crippen molar-refractivity contribution in [3.05, 3.63) is 84.3 Å². The first kappa shape index (κ1) is 31.1. The minimum Gasteiger partial charge on any atom is -0.497 e. The summed E-state index contributed by atoms with van der Waals surface area (Å²) < 4.78 is 56.1. The molecule has 2 atom stereocenters. The molecule has 2 unspecified atom stereocenters. The van der Waals surface area contributed by atoms with Crippen LogP contribution in [0.25, 0.3) is 0 Å². The van der Waals surface area contributed by atoms with Gasteiger partial charge in [0.05, 0.1) is 13.4 Å². The highest BCUT2D eigenvalue weighted by Crippen LogP contribution is 2.40. The highest BCUT2D eigenvalue weighted by molar-refractivity contribution is 7.91. The fourth-order valence-corrected chi connectivity index (χ4v) is 5.54. The van der Waals surface area contributed by atoms with Gasteiger partial charge in [0.1, 0.15) is 17.8 Å². The molecule has 0 spiro atoms. The summed E-state index contributed by atoms with van der Waals surface area (Å²) in [6.45, 7) is 6.09. The molecule has 226 valence electrons. The lowest BCUT2D eigenvalue weighted by Gasteiger charge is -2.34. The Morgan fingerprint density at radius 3 is 2.33 bits per heavy atom. The highest BCUT2D eigenvalue weighted by atomic mass is 32.2. The number of methoxy groups -OCH3 is 1. The number of esters is 1. The molecule has 3 aromatic heterocycles. The van der Waals surface area contributed by atoms with Crippen LogP contribution in [0, 0.1) is 0 Å². The Labute approximate surface area is 247 Å². The zero-order valence-corrected chi connectivity index (χ0v) is 24.8. The molecule has 3 heterocycles. The molecule has 0 aliphatic carbocycles. The molecule has 0 fully saturated rings. The number of benzene rings is 1. The smallest absolute Gasteiger partial charge is 0.304 e. The second kappa shape index (κ2) is 12.6. The average molecular weight is 611 g/mol. The molecular formula is C29H30N4O9S. The van der Waals surface area contributed by atoms with Crippen LogP contribution in [0.2, 0.25) is 0 Å². The number of aromatic nitrogens is 3. The van der Waals surface area contributed by atoms with Crippen LogP contribution in [0.3, 0.4) is 0 Å². The lowest BCUT2D eigenvalue weighted by atomic mass is 10.1. The number of nitrogens with zero attached hydrogens (tertiary/aromatic N) is 3. The lowest BCUT2D eigenvalue weighted by Crippen LogP contribution is -2.57. The first-order valence-electron chi connectivity index (χ1n) is 12.9. The number of carbonyl (C=O) groups excluding carboxylic acids is 2. The maximum Gasteiger partial charge on any atom is 0.304 e. The fraction of sp³-hybridized carbons (Fsp3) is 0.276. The molecule has 0 aliphatic heterocycles. The first-order valence-corrected chi connectivity index (χ1v) is 14.5. The van der Waals surface area contributed by atoms with Crippen molar-refractivity contribution >= 4 is 21.6 Å². The van der Waals surface area contributed by atoms with Crippen molar-refractivity contribution in [1.29, 1.82) is 0 Å². The SMILES string of the molecule is COc1cccc(Oc2c(OC(N)(c3ccco3)C(OC(C)=O)S(=O)(=O)c3ccc(C(C)C)cn3)ncnc2C(C)=O)c1. The van der Waals surface area contributed by atoms with Crippen LogP contribution in [-0.2, 0) is 25.1 Å². The third-order valence-electron chi connectivity index (χ3n) is 6.16. The second-order valence-corrected chi connectivity index (χ2v) is 11.6. The monoisotopic (exact) mass is 610 g/mol. The van der Waals surface area contributed by atoms with Gasteiger partial charge < -0.3 is 23.4 Å². The second-order valence-electron chi connectivity index (χ2n) is 9.64. The van der Waals surface area contributed by atoms with E-state index < -0.39 is 43.7 Å². The van der Waals surface area contributed by atoms with E-state index in [4.69, 9.17) is 29.1 Å². The minimum absolute atomic E-state index is 0.0739. The third kappa shape index (κ3) is 6.65. The van der Waals surface area contributed by atoms with Crippen molar-refractivity contribution in [2.45, 2.75) is 49.8 Å². The van der Waals surface area contributed by atoms with Crippen molar-refractivity contribution in [2.75, 3.05) is 7.11 Å². The van der Waals surface area contributed by atoms with Gasteiger partial charge in [0.2, 0.25) is 15.6 Å². The number of ketones is 1. The van der Waals surface area contributed by atoms with Crippen molar-refractivity contribution < 1.29 is 41.4 Å². The Morgan fingerprint density at radius 2 is 1.74 bits per heavy atom. The summed E-state index contributed by atoms with van der Waals surface area (Å²) in [6, 6.07) is 12.0. The highest BCUT2D eigenvalue weighted by Gasteiger charge is 2.54. The molecule has 43 heavy (non-hydrogen) atoms. The van der Waals surface area contributed by atoms with Crippen LogP contribution in [0.4, 0.5) is 0 Å². The van der Waals surface area contributed by atoms with Gasteiger partial charge in [-0.15, -0.1) is 0 Å². The fourth-order valence-electron chi connectivity index (χ4n) is 3.97. The summed E-state index contributed by atoms with van der Waals surface area (Å²) in [7, 11) is -3.22. The van der Waals surface area contributed by atoms with Gasteiger partial charge in [0, 0.05) is 26.1 Å². The maximum atomic E-state index is 14.0. The number of hydrogen-bond donors (Lipinski definition) is 1. The van der Waals surface area contributed by atoms with E-state index >= 15 is 0 Å². The number of pyridine rings is 1. The number of rotatable bonds is 12. The van der Waals surface area contributed by atoms with E-state index in [-0.39, 0.29) is 28.9 Å². The number of carbonyl (C=O) groups is 2. The van der Waals surface area contributed by atoms with E-state index in [1.807, 2.05) is 13.8 Å². The van der Waals surface area contributed by atoms with Gasteiger partial charge >= 0.3 is 5.97 Å². The summed E-state index contributed by atoms with van der Waals surface area (Å²) in [5.41, 5.74) is 2.45. The van der Waals surface area contributed by atoms with Gasteiger partial charge in [-0.25, -0.2) is 18.4 Å². The van der Waals surface area contributed by atoms with Crippen molar-refractivity contribution in [3.8, 4) is 23.1 Å². The van der Waals surface area contributed by atoms with Crippen LogP contribution in [0.15, 0.2) is 76.8 Å². The van der Waals surface area contributed by atoms with E-state index in [1.54, 1.807) is 24.3 Å². The molecule has 4 rings (SSSR count). The Hall–Kier alpha value is -4.82. The van der Waals surface area contributed by atoms with Crippen molar-refractivity contribution in [2.24, 2.45) is 5.73 Å². The number of ether oxygens (including phenoxy) is 4. The minimum atomic E-state index is -4.68. The van der Waals surface area contributed by atoms with Crippen molar-refractivity contribution in [1.82, 2.24) is 15.0 Å². The van der Waals surface area contributed by atoms with E-state index in [1.165, 1.54) is 50.8 Å². The van der Waals surface area contributed by atoms with Gasteiger partial charge in [-0.05, 0) is 41.8 Å². The summed E-state index contributed by atoms with van der Waals surface area (Å²) in [5.74, 6) is -1.77. The Bertz CT molecular complexity index is 1710. The largest absolute Gasteiger partial charge is 0.497 e. The van der Waals surface area contributed by atoms with Crippen LogP contribution in [-0.4, -0.2) is 47.7 Å². The molecular weight excluding hydrogens is 580 g/mol. The molecule has 4 aromatic rings. The van der Waals surface area contributed by atoms with E-state index in [2.05, 4.69) is 15.0 Å². The van der Waals surface area contributed by atoms with Gasteiger partial charge in [-0.2, -0.15) is 4.98 Å². The molecule has 0 amide bonds. The summed E-state index contributed by atoms with van der Waals surface area (Å²) in [4.78, 5) is 37.0. The zero-order chi connectivity index (χ0) is 31.4. The molecule has 2 N–H and O–H groups in total. The third-order valence-corrected chi connectivity index (χ3v) is 7.99. The molecule has 0 aliphatic rings. The molecule has 0 radical (unpaired) electrons. The van der Waals surface area contributed by atoms with Gasteiger partial charge in [0.25, 0.3) is 17.0 Å². The average Bonchev–Trinajstić information content (AvgIpc) is 3.53. The van der Waals surface area contributed by atoms with Crippen LogP contribution in [0.5, 0.6) is 23.1 Å². The van der Waals surface area contributed by atoms with Crippen LogP contribution >= 0.6 is 0 Å². The molecule has 13 nitrogen and oxygen atoms in total. The quantitative estimate of drug-likeness (QED) is 0.137. The molecule has 0 saturated heterocycles. The Kier molecular flexibility index (Phi) is 9.11. The molecule has 14 heteroatoms. The van der Waals surface area contributed by atoms with Gasteiger partial charge in [-0.3, -0.25) is 15.3 Å². The standard InChI is InChI=1S/C29H30N4O9S/c1-17(2)20-11-12-24(31-15-20)43(36,37)28(40-19(4)35)29(30,23-10-7-13-39-23)42-27-26(25(18(3)34)32-16-33-27)41-22-9-6-8-21(14-22)38-5/h6-17,28H,30H2,1-5H3. The number of Topliss-reactive ketones (excluding diaryl/α,β-unsaturated/α-hetero) is 1. The van der Waals surface area contributed by atoms with Crippen molar-refractivity contribution in [3.63, 3.8) is 0 Å². The predicted molar refractivity (Wildman–Crippen MR) is 151 cm³/mol. The zero-order valence-electron chi connectivity index (χ0n) is 24.0. The maximum absolute atomic E-state index is 14.0. The topological polar surface area (TPSA) is 183 Å². The number of furan rings is 1. The van der Waals surface area contributed by atoms with Gasteiger partial charge in [-0.1, -0.05) is 26.0 Å². The Morgan fingerprint density at radius 1 is 1.00 bits per heavy atom. The van der Waals surface area contributed by atoms with Gasteiger partial charge in [0.15, 0.2) is 22.3 Å². The van der Waals surface area contributed by atoms with Crippen LogP contribution in [0.1, 0.15) is 55.4 Å². The molecule has 0 saturated carbocycles. The van der Waals surface area contributed by atoms with E-state index in [0.717, 1.165) is 18.8 Å². The number of nitrogens with two attached hydrogens (primary N) is 1. The van der Waals surface area contributed by atoms with E-state index in [9.17, 15) is 18.0 Å². The molecule has 1 aromatic carbocycles. The summed E-state index contributed by atoms with van der Waals surface area (Å²) in [5, 5.41) is -0.437. The number of hydrogen-bond acceptors (Lipinski definition) is 13. The van der Waals surface area contributed by atoms with E-state index in [0.29, 0.717) is 5.75 Å². The normalized spacial score (nSPS) is 13.6. The first-order chi connectivity index (χ1) is 20.4. The Balaban J connectivity index is 1.89. The number of sulfone groups is 1. The summed E-state index contributed by atoms with van der Waals surface area (Å²) in [6.07, 6.45) is 3.63. The predicted octanol–water partition coefficient (Wildman–Crippen LogP) is 4.15.